The van der Waals surface area contributed by atoms with Gasteiger partial charge in [0.05, 0.1) is 10.6 Å². The largest absolute Gasteiger partial charge is 0.381 e. The van der Waals surface area contributed by atoms with Gasteiger partial charge in [0.25, 0.3) is 0 Å². The molecule has 0 atom stereocenters. The fraction of sp³-hybridized carbons (Fsp3) is 0.133. The van der Waals surface area contributed by atoms with Gasteiger partial charge in [-0.3, -0.25) is 0 Å². The Hall–Kier alpha value is -2.05. The Morgan fingerprint density at radius 1 is 1.26 bits per heavy atom. The summed E-state index contributed by atoms with van der Waals surface area (Å²) in [7, 11) is 0. The molecular formula is C15H12ClFN2. The summed E-state index contributed by atoms with van der Waals surface area (Å²) in [5.41, 5.74) is 2.72. The Bertz CT molecular complexity index is 647. The molecule has 0 aliphatic carbocycles. The summed E-state index contributed by atoms with van der Waals surface area (Å²) in [6.45, 7) is 2.23. The molecule has 0 spiro atoms. The van der Waals surface area contributed by atoms with E-state index in [4.69, 9.17) is 16.9 Å². The van der Waals surface area contributed by atoms with Gasteiger partial charge in [-0.05, 0) is 42.3 Å². The highest BCUT2D eigenvalue weighted by Gasteiger charge is 2.02. The number of hydrogen-bond donors (Lipinski definition) is 1. The zero-order chi connectivity index (χ0) is 13.8. The van der Waals surface area contributed by atoms with Crippen LogP contribution >= 0.6 is 11.6 Å². The van der Waals surface area contributed by atoms with Crippen molar-refractivity contribution >= 4 is 17.3 Å². The Kier molecular flexibility index (Phi) is 4.03. The van der Waals surface area contributed by atoms with Crippen molar-refractivity contribution in [1.82, 2.24) is 0 Å². The zero-order valence-electron chi connectivity index (χ0n) is 10.4. The number of nitrogens with one attached hydrogen (secondary N) is 1. The van der Waals surface area contributed by atoms with Gasteiger partial charge in [0.2, 0.25) is 0 Å². The molecule has 1 N–H and O–H groups in total. The van der Waals surface area contributed by atoms with Gasteiger partial charge in [-0.1, -0.05) is 23.7 Å². The first-order valence-corrected chi connectivity index (χ1v) is 6.16. The van der Waals surface area contributed by atoms with Gasteiger partial charge in [-0.25, -0.2) is 4.39 Å². The maximum atomic E-state index is 13.4. The maximum absolute atomic E-state index is 13.4. The highest BCUT2D eigenvalue weighted by Crippen LogP contribution is 2.21. The third kappa shape index (κ3) is 3.24. The molecule has 0 radical (unpaired) electrons. The highest BCUT2D eigenvalue weighted by molar-refractivity contribution is 6.32. The van der Waals surface area contributed by atoms with Crippen LogP contribution in [0, 0.1) is 24.1 Å². The van der Waals surface area contributed by atoms with Crippen molar-refractivity contribution in [3.8, 4) is 6.07 Å². The van der Waals surface area contributed by atoms with Gasteiger partial charge in [0, 0.05) is 12.2 Å². The molecule has 0 unspecified atom stereocenters. The van der Waals surface area contributed by atoms with Crippen LogP contribution in [0.1, 0.15) is 16.7 Å². The lowest BCUT2D eigenvalue weighted by molar-refractivity contribution is 0.616. The van der Waals surface area contributed by atoms with Gasteiger partial charge in [-0.15, -0.1) is 0 Å². The number of nitriles is 1. The van der Waals surface area contributed by atoms with E-state index in [9.17, 15) is 4.39 Å². The summed E-state index contributed by atoms with van der Waals surface area (Å²) in [5.74, 6) is -0.211. The molecule has 2 rings (SSSR count). The molecule has 0 aromatic heterocycles. The lowest BCUT2D eigenvalue weighted by Crippen LogP contribution is -2.00. The number of benzene rings is 2. The van der Waals surface area contributed by atoms with E-state index >= 15 is 0 Å². The minimum atomic E-state index is -0.211. The lowest BCUT2D eigenvalue weighted by Gasteiger charge is -2.08. The Morgan fingerprint density at radius 2 is 2.05 bits per heavy atom. The first-order chi connectivity index (χ1) is 9.10. The summed E-state index contributed by atoms with van der Waals surface area (Å²) in [6.07, 6.45) is 0. The predicted molar refractivity (Wildman–Crippen MR) is 74.6 cm³/mol. The summed E-state index contributed by atoms with van der Waals surface area (Å²) in [4.78, 5) is 0. The van der Waals surface area contributed by atoms with Gasteiger partial charge in [0.15, 0.2) is 0 Å². The van der Waals surface area contributed by atoms with Crippen molar-refractivity contribution in [2.24, 2.45) is 0 Å². The third-order valence-corrected chi connectivity index (χ3v) is 3.14. The topological polar surface area (TPSA) is 35.8 Å². The van der Waals surface area contributed by atoms with Gasteiger partial charge in [0.1, 0.15) is 11.9 Å². The van der Waals surface area contributed by atoms with E-state index in [0.717, 1.165) is 11.3 Å². The van der Waals surface area contributed by atoms with Crippen LogP contribution in [0.25, 0.3) is 0 Å². The van der Waals surface area contributed by atoms with E-state index in [2.05, 4.69) is 5.32 Å². The van der Waals surface area contributed by atoms with Crippen molar-refractivity contribution in [1.29, 1.82) is 5.26 Å². The molecule has 96 valence electrons. The molecule has 0 heterocycles. The van der Waals surface area contributed by atoms with Crippen LogP contribution in [-0.2, 0) is 6.54 Å². The fourth-order valence-electron chi connectivity index (χ4n) is 1.67. The molecule has 0 amide bonds. The lowest BCUT2D eigenvalue weighted by atomic mass is 10.1. The minimum Gasteiger partial charge on any atom is -0.381 e. The number of nitrogens with zero attached hydrogens (tertiary/aromatic N) is 1. The van der Waals surface area contributed by atoms with E-state index in [1.54, 1.807) is 31.2 Å². The monoisotopic (exact) mass is 274 g/mol. The zero-order valence-corrected chi connectivity index (χ0v) is 11.1. The molecule has 19 heavy (non-hydrogen) atoms. The second kappa shape index (κ2) is 5.73. The van der Waals surface area contributed by atoms with Crippen molar-refractivity contribution in [2.45, 2.75) is 13.5 Å². The number of rotatable bonds is 3. The Labute approximate surface area is 116 Å². The van der Waals surface area contributed by atoms with E-state index in [1.807, 2.05) is 12.1 Å². The first kappa shape index (κ1) is 13.4. The smallest absolute Gasteiger partial charge is 0.126 e. The van der Waals surface area contributed by atoms with Gasteiger partial charge >= 0.3 is 0 Å². The second-order valence-electron chi connectivity index (χ2n) is 4.24. The summed E-state index contributed by atoms with van der Waals surface area (Å²) >= 11 is 5.93. The molecule has 0 fully saturated rings. The summed E-state index contributed by atoms with van der Waals surface area (Å²) in [5, 5.41) is 12.3. The molecule has 0 saturated heterocycles. The summed E-state index contributed by atoms with van der Waals surface area (Å²) in [6, 6.07) is 12.2. The molecule has 4 heteroatoms. The van der Waals surface area contributed by atoms with Gasteiger partial charge in [-0.2, -0.15) is 5.26 Å². The molecule has 2 nitrogen and oxygen atoms in total. The van der Waals surface area contributed by atoms with Crippen LogP contribution in [0.15, 0.2) is 36.4 Å². The van der Waals surface area contributed by atoms with E-state index in [-0.39, 0.29) is 5.82 Å². The first-order valence-electron chi connectivity index (χ1n) is 5.78. The number of aryl methyl sites for hydroxylation is 1. The predicted octanol–water partition coefficient (Wildman–Crippen LogP) is 4.27. The second-order valence-corrected chi connectivity index (χ2v) is 4.65. The standard InChI is InChI=1S/C15H12ClFN2/c1-10-2-3-11(6-15(10)17)9-19-13-5-4-12(8-18)14(16)7-13/h2-7,19H,9H2,1H3. The Morgan fingerprint density at radius 3 is 2.68 bits per heavy atom. The normalized spacial score (nSPS) is 10.0. The highest BCUT2D eigenvalue weighted by atomic mass is 35.5. The molecule has 0 saturated carbocycles. The van der Waals surface area contributed by atoms with E-state index in [0.29, 0.717) is 22.7 Å². The molecule has 0 aliphatic heterocycles. The molecule has 0 bridgehead atoms. The van der Waals surface area contributed by atoms with Crippen LogP contribution in [-0.4, -0.2) is 0 Å². The van der Waals surface area contributed by atoms with Crippen LogP contribution in [0.5, 0.6) is 0 Å². The van der Waals surface area contributed by atoms with Crippen LogP contribution in [0.2, 0.25) is 5.02 Å². The summed E-state index contributed by atoms with van der Waals surface area (Å²) < 4.78 is 13.4. The van der Waals surface area contributed by atoms with Crippen molar-refractivity contribution < 1.29 is 4.39 Å². The average molecular weight is 275 g/mol. The van der Waals surface area contributed by atoms with Gasteiger partial charge < -0.3 is 5.32 Å². The fourth-order valence-corrected chi connectivity index (χ4v) is 1.89. The van der Waals surface area contributed by atoms with E-state index < -0.39 is 0 Å². The van der Waals surface area contributed by atoms with Crippen molar-refractivity contribution in [2.75, 3.05) is 5.32 Å². The number of hydrogen-bond acceptors (Lipinski definition) is 2. The molecule has 2 aromatic carbocycles. The average Bonchev–Trinajstić information content (AvgIpc) is 2.40. The number of halogens is 2. The van der Waals surface area contributed by atoms with Crippen LogP contribution in [0.3, 0.4) is 0 Å². The van der Waals surface area contributed by atoms with E-state index in [1.165, 1.54) is 6.07 Å². The van der Waals surface area contributed by atoms with Crippen molar-refractivity contribution in [3.05, 3.63) is 63.9 Å². The molecular weight excluding hydrogens is 263 g/mol. The number of anilines is 1. The molecule has 0 aliphatic rings. The SMILES string of the molecule is Cc1ccc(CNc2ccc(C#N)c(Cl)c2)cc1F. The minimum absolute atomic E-state index is 0.211. The maximum Gasteiger partial charge on any atom is 0.126 e. The van der Waals surface area contributed by atoms with Crippen molar-refractivity contribution in [3.63, 3.8) is 0 Å². The van der Waals surface area contributed by atoms with Crippen LogP contribution < -0.4 is 5.32 Å². The third-order valence-electron chi connectivity index (χ3n) is 2.82. The quantitative estimate of drug-likeness (QED) is 0.907. The molecule has 2 aromatic rings. The van der Waals surface area contributed by atoms with Crippen LogP contribution in [0.4, 0.5) is 10.1 Å². The Balaban J connectivity index is 2.08.